The predicted octanol–water partition coefficient (Wildman–Crippen LogP) is 3.36. The van der Waals surface area contributed by atoms with E-state index in [0.29, 0.717) is 40.9 Å². The van der Waals surface area contributed by atoms with Gasteiger partial charge in [-0.15, -0.1) is 0 Å². The van der Waals surface area contributed by atoms with E-state index in [4.69, 9.17) is 31.5 Å². The van der Waals surface area contributed by atoms with Gasteiger partial charge in [0.15, 0.2) is 0 Å². The number of anilines is 1. The van der Waals surface area contributed by atoms with E-state index in [1.165, 1.54) is 31.4 Å². The summed E-state index contributed by atoms with van der Waals surface area (Å²) in [6.45, 7) is 2.89. The molecule has 0 aliphatic carbocycles. The van der Waals surface area contributed by atoms with Gasteiger partial charge in [-0.05, 0) is 43.2 Å². The zero-order valence-electron chi connectivity index (χ0n) is 18.3. The molecule has 0 aromatic heterocycles. The summed E-state index contributed by atoms with van der Waals surface area (Å²) in [7, 11) is 3.13. The van der Waals surface area contributed by atoms with Crippen LogP contribution >= 0.6 is 11.6 Å². The Morgan fingerprint density at radius 1 is 1.28 bits per heavy atom. The van der Waals surface area contributed by atoms with Crippen molar-refractivity contribution in [2.24, 2.45) is 0 Å². The second kappa shape index (κ2) is 11.4. The van der Waals surface area contributed by atoms with Gasteiger partial charge in [0.2, 0.25) is 0 Å². The van der Waals surface area contributed by atoms with E-state index >= 15 is 0 Å². The highest BCUT2D eigenvalue weighted by Gasteiger charge is 2.31. The van der Waals surface area contributed by atoms with E-state index in [0.717, 1.165) is 25.9 Å². The second-order valence-electron chi connectivity index (χ2n) is 7.67. The molecule has 2 aromatic rings. The Morgan fingerprint density at radius 3 is 2.72 bits per heavy atom. The highest BCUT2D eigenvalue weighted by atomic mass is 35.5. The average Bonchev–Trinajstić information content (AvgIpc) is 2.80. The first-order chi connectivity index (χ1) is 15.4. The first kappa shape index (κ1) is 24.1. The number of nitrogen functional groups attached to an aromatic ring is 1. The van der Waals surface area contributed by atoms with Crippen molar-refractivity contribution in [3.05, 3.63) is 52.8 Å². The number of piperidine rings is 1. The van der Waals surface area contributed by atoms with Gasteiger partial charge >= 0.3 is 0 Å². The summed E-state index contributed by atoms with van der Waals surface area (Å²) in [6.07, 6.45) is 1.42. The minimum atomic E-state index is -0.282. The number of likely N-dealkylation sites (tertiary alicyclic amines) is 1. The first-order valence-electron chi connectivity index (χ1n) is 10.5. The lowest BCUT2D eigenvalue weighted by atomic mass is 10.0. The number of ether oxygens (including phenoxy) is 3. The molecule has 0 spiro atoms. The first-order valence-corrected chi connectivity index (χ1v) is 10.9. The number of methoxy groups -OCH3 is 2. The van der Waals surface area contributed by atoms with Crippen molar-refractivity contribution in [3.8, 4) is 11.5 Å². The smallest absolute Gasteiger partial charge is 0.255 e. The van der Waals surface area contributed by atoms with E-state index in [9.17, 15) is 9.18 Å². The lowest BCUT2D eigenvalue weighted by Crippen LogP contribution is -2.55. The minimum Gasteiger partial charge on any atom is -0.496 e. The van der Waals surface area contributed by atoms with E-state index in [1.54, 1.807) is 19.2 Å². The monoisotopic (exact) mass is 465 g/mol. The van der Waals surface area contributed by atoms with Crippen molar-refractivity contribution >= 4 is 23.2 Å². The summed E-state index contributed by atoms with van der Waals surface area (Å²) in [5.74, 6) is 0.462. The summed E-state index contributed by atoms with van der Waals surface area (Å²) < 4.78 is 29.5. The standard InChI is InChI=1S/C23H29ClFN3O4/c1-30-21-13-18(24)19(26)12-17(21)23(29)27-20-8-10-28(14-22(20)31-2)9-3-11-32-16-6-4-15(25)5-7-16/h4-7,12-13,20,22H,3,8-11,14,26H2,1-2H3,(H,27,29). The molecule has 1 aliphatic rings. The molecule has 0 saturated carbocycles. The van der Waals surface area contributed by atoms with E-state index in [2.05, 4.69) is 10.2 Å². The molecule has 3 rings (SSSR count). The van der Waals surface area contributed by atoms with Gasteiger partial charge in [0, 0.05) is 32.8 Å². The number of rotatable bonds is 9. The fourth-order valence-corrected chi connectivity index (χ4v) is 3.91. The molecule has 1 aliphatic heterocycles. The molecule has 2 atom stereocenters. The Kier molecular flexibility index (Phi) is 8.55. The van der Waals surface area contributed by atoms with Crippen LogP contribution in [0, 0.1) is 5.82 Å². The number of carbonyl (C=O) groups is 1. The van der Waals surface area contributed by atoms with E-state index in [-0.39, 0.29) is 23.9 Å². The van der Waals surface area contributed by atoms with Gasteiger partial charge in [0.1, 0.15) is 17.3 Å². The lowest BCUT2D eigenvalue weighted by Gasteiger charge is -2.38. The molecule has 174 valence electrons. The molecule has 1 amide bonds. The normalized spacial score (nSPS) is 18.9. The highest BCUT2D eigenvalue weighted by Crippen LogP contribution is 2.29. The van der Waals surface area contributed by atoms with Crippen molar-refractivity contribution in [1.82, 2.24) is 10.2 Å². The van der Waals surface area contributed by atoms with Crippen LogP contribution in [-0.4, -0.2) is 63.4 Å². The van der Waals surface area contributed by atoms with Gasteiger partial charge in [-0.2, -0.15) is 0 Å². The summed E-state index contributed by atoms with van der Waals surface area (Å²) in [6, 6.07) is 8.92. The van der Waals surface area contributed by atoms with Crippen molar-refractivity contribution in [3.63, 3.8) is 0 Å². The van der Waals surface area contributed by atoms with Crippen LogP contribution in [0.1, 0.15) is 23.2 Å². The molecule has 1 heterocycles. The Morgan fingerprint density at radius 2 is 2.03 bits per heavy atom. The third-order valence-electron chi connectivity index (χ3n) is 5.53. The second-order valence-corrected chi connectivity index (χ2v) is 8.08. The largest absolute Gasteiger partial charge is 0.496 e. The number of nitrogens with zero attached hydrogens (tertiary/aromatic N) is 1. The molecule has 0 bridgehead atoms. The number of halogens is 2. The molecule has 1 saturated heterocycles. The third kappa shape index (κ3) is 6.25. The van der Waals surface area contributed by atoms with Crippen LogP contribution in [0.25, 0.3) is 0 Å². The molecule has 2 unspecified atom stereocenters. The zero-order valence-corrected chi connectivity index (χ0v) is 19.0. The molecular formula is C23H29ClFN3O4. The minimum absolute atomic E-state index is 0.138. The van der Waals surface area contributed by atoms with Gasteiger partial charge in [-0.25, -0.2) is 4.39 Å². The topological polar surface area (TPSA) is 86.0 Å². The fourth-order valence-electron chi connectivity index (χ4n) is 3.76. The van der Waals surface area contributed by atoms with E-state index in [1.807, 2.05) is 0 Å². The maximum absolute atomic E-state index is 12.9. The summed E-state index contributed by atoms with van der Waals surface area (Å²) in [5.41, 5.74) is 6.52. The number of benzene rings is 2. The van der Waals surface area contributed by atoms with Crippen LogP contribution in [0.2, 0.25) is 5.02 Å². The maximum atomic E-state index is 12.9. The highest BCUT2D eigenvalue weighted by molar-refractivity contribution is 6.33. The summed E-state index contributed by atoms with van der Waals surface area (Å²) in [5, 5.41) is 3.38. The number of hydrogen-bond acceptors (Lipinski definition) is 6. The van der Waals surface area contributed by atoms with Crippen LogP contribution in [-0.2, 0) is 4.74 Å². The number of amides is 1. The Balaban J connectivity index is 1.49. The molecular weight excluding hydrogens is 437 g/mol. The van der Waals surface area contributed by atoms with Crippen LogP contribution in [0.4, 0.5) is 10.1 Å². The van der Waals surface area contributed by atoms with Crippen LogP contribution in [0.5, 0.6) is 11.5 Å². The zero-order chi connectivity index (χ0) is 23.1. The Bertz CT molecular complexity index is 913. The number of carbonyl (C=O) groups excluding carboxylic acids is 1. The van der Waals surface area contributed by atoms with Crippen molar-refractivity contribution in [1.29, 1.82) is 0 Å². The van der Waals surface area contributed by atoms with Crippen LogP contribution in [0.15, 0.2) is 36.4 Å². The number of nitrogens with two attached hydrogens (primary N) is 1. The Labute approximate surface area is 192 Å². The molecule has 2 aromatic carbocycles. The SMILES string of the molecule is COc1cc(Cl)c(N)cc1C(=O)NC1CCN(CCCOc2ccc(F)cc2)CC1OC. The van der Waals surface area contributed by atoms with Gasteiger partial charge in [0.25, 0.3) is 5.91 Å². The predicted molar refractivity (Wildman–Crippen MR) is 122 cm³/mol. The number of nitrogens with one attached hydrogen (secondary N) is 1. The van der Waals surface area contributed by atoms with E-state index < -0.39 is 0 Å². The molecule has 3 N–H and O–H groups in total. The fraction of sp³-hybridized carbons (Fsp3) is 0.435. The maximum Gasteiger partial charge on any atom is 0.255 e. The molecule has 0 radical (unpaired) electrons. The molecule has 9 heteroatoms. The van der Waals surface area contributed by atoms with Gasteiger partial charge in [-0.3, -0.25) is 4.79 Å². The quantitative estimate of drug-likeness (QED) is 0.436. The van der Waals surface area contributed by atoms with Crippen molar-refractivity contribution < 1.29 is 23.4 Å². The molecule has 1 fully saturated rings. The van der Waals surface area contributed by atoms with Crippen molar-refractivity contribution in [2.45, 2.75) is 25.0 Å². The van der Waals surface area contributed by atoms with Crippen molar-refractivity contribution in [2.75, 3.05) is 46.2 Å². The van der Waals surface area contributed by atoms with Gasteiger partial charge in [0.05, 0.1) is 42.1 Å². The van der Waals surface area contributed by atoms with Crippen LogP contribution < -0.4 is 20.5 Å². The average molecular weight is 466 g/mol. The molecule has 7 nitrogen and oxygen atoms in total. The number of hydrogen-bond donors (Lipinski definition) is 2. The Hall–Kier alpha value is -2.55. The third-order valence-corrected chi connectivity index (χ3v) is 5.85. The lowest BCUT2D eigenvalue weighted by molar-refractivity contribution is 0.00527. The molecule has 32 heavy (non-hydrogen) atoms. The van der Waals surface area contributed by atoms with Gasteiger partial charge < -0.3 is 30.2 Å². The van der Waals surface area contributed by atoms with Gasteiger partial charge in [-0.1, -0.05) is 11.6 Å². The van der Waals surface area contributed by atoms with Crippen LogP contribution in [0.3, 0.4) is 0 Å². The summed E-state index contributed by atoms with van der Waals surface area (Å²) >= 11 is 6.03. The summed E-state index contributed by atoms with van der Waals surface area (Å²) in [4.78, 5) is 15.2.